The van der Waals surface area contributed by atoms with Crippen molar-refractivity contribution in [3.05, 3.63) is 71.8 Å². The molecule has 3 aromatic rings. The van der Waals surface area contributed by atoms with Crippen LogP contribution in [0.5, 0.6) is 0 Å². The zero-order valence-corrected chi connectivity index (χ0v) is 12.7. The van der Waals surface area contributed by atoms with Gasteiger partial charge in [-0.15, -0.1) is 0 Å². The third kappa shape index (κ3) is 2.29. The third-order valence-corrected chi connectivity index (χ3v) is 4.73. The molecule has 5 heteroatoms. The lowest BCUT2D eigenvalue weighted by atomic mass is 9.97. The molecule has 1 fully saturated rings. The quantitative estimate of drug-likeness (QED) is 0.808. The molecular formula is C18H16FN3O. The van der Waals surface area contributed by atoms with E-state index in [1.165, 1.54) is 12.1 Å². The number of fused-ring (bicyclic) bond motifs is 1. The van der Waals surface area contributed by atoms with Crippen molar-refractivity contribution < 1.29 is 9.18 Å². The zero-order chi connectivity index (χ0) is 16.0. The van der Waals surface area contributed by atoms with Gasteiger partial charge >= 0.3 is 0 Å². The summed E-state index contributed by atoms with van der Waals surface area (Å²) in [7, 11) is 0. The number of nitrogens with one attached hydrogen (secondary N) is 1. The van der Waals surface area contributed by atoms with E-state index in [2.05, 4.69) is 17.3 Å². The van der Waals surface area contributed by atoms with Crippen molar-refractivity contribution in [2.45, 2.75) is 24.8 Å². The maximum Gasteiger partial charge on any atom is 0.253 e. The van der Waals surface area contributed by atoms with E-state index in [1.807, 2.05) is 12.3 Å². The first-order chi connectivity index (χ1) is 11.1. The summed E-state index contributed by atoms with van der Waals surface area (Å²) in [4.78, 5) is 12.6. The van der Waals surface area contributed by atoms with Crippen LogP contribution >= 0.6 is 0 Å². The van der Waals surface area contributed by atoms with Gasteiger partial charge in [0, 0.05) is 17.7 Å². The Bertz CT molecular complexity index is 887. The molecule has 1 N–H and O–H groups in total. The summed E-state index contributed by atoms with van der Waals surface area (Å²) in [6.07, 6.45) is 4.34. The second-order valence-corrected chi connectivity index (χ2v) is 6.24. The first-order valence-corrected chi connectivity index (χ1v) is 7.57. The number of hydrogen-bond donors (Lipinski definition) is 1. The first kappa shape index (κ1) is 13.9. The van der Waals surface area contributed by atoms with Crippen LogP contribution in [-0.2, 0) is 5.41 Å². The van der Waals surface area contributed by atoms with E-state index < -0.39 is 0 Å². The lowest BCUT2D eigenvalue weighted by molar-refractivity contribution is 0.0949. The molecule has 1 amide bonds. The molecule has 0 aliphatic heterocycles. The Hall–Kier alpha value is -2.69. The van der Waals surface area contributed by atoms with Crippen molar-refractivity contribution >= 4 is 11.4 Å². The van der Waals surface area contributed by atoms with Gasteiger partial charge in [0.1, 0.15) is 5.82 Å². The van der Waals surface area contributed by atoms with E-state index in [-0.39, 0.29) is 23.2 Å². The number of aromatic nitrogens is 2. The summed E-state index contributed by atoms with van der Waals surface area (Å²) >= 11 is 0. The van der Waals surface area contributed by atoms with Crippen molar-refractivity contribution in [1.29, 1.82) is 0 Å². The summed E-state index contributed by atoms with van der Waals surface area (Å²) in [5.74, 6) is -0.349. The average molecular weight is 309 g/mol. The fraction of sp³-hybridized carbons (Fsp3) is 0.222. The van der Waals surface area contributed by atoms with E-state index in [4.69, 9.17) is 0 Å². The predicted octanol–water partition coefficient (Wildman–Crippen LogP) is 2.93. The van der Waals surface area contributed by atoms with Crippen LogP contribution in [0.3, 0.4) is 0 Å². The van der Waals surface area contributed by atoms with Crippen molar-refractivity contribution in [1.82, 2.24) is 14.9 Å². The van der Waals surface area contributed by atoms with Crippen molar-refractivity contribution in [2.75, 3.05) is 0 Å². The van der Waals surface area contributed by atoms with E-state index in [1.54, 1.807) is 35.0 Å². The number of pyridine rings is 1. The van der Waals surface area contributed by atoms with Gasteiger partial charge < -0.3 is 5.32 Å². The van der Waals surface area contributed by atoms with Crippen LogP contribution in [0.2, 0.25) is 0 Å². The number of hydrogen-bond acceptors (Lipinski definition) is 2. The van der Waals surface area contributed by atoms with E-state index >= 15 is 0 Å². The summed E-state index contributed by atoms with van der Waals surface area (Å²) < 4.78 is 14.7. The van der Waals surface area contributed by atoms with Crippen molar-refractivity contribution in [2.24, 2.45) is 0 Å². The number of carbonyl (C=O) groups excluding carboxylic acids is 1. The average Bonchev–Trinajstić information content (AvgIpc) is 2.98. The molecule has 1 aliphatic carbocycles. The molecule has 0 saturated heterocycles. The minimum Gasteiger partial charge on any atom is -0.348 e. The second kappa shape index (κ2) is 4.91. The number of halogens is 1. The molecule has 2 atom stereocenters. The van der Waals surface area contributed by atoms with Gasteiger partial charge in [-0.05, 0) is 42.3 Å². The maximum absolute atomic E-state index is 13.1. The van der Waals surface area contributed by atoms with Gasteiger partial charge in [-0.25, -0.2) is 8.91 Å². The van der Waals surface area contributed by atoms with Gasteiger partial charge in [-0.3, -0.25) is 4.79 Å². The normalized spacial score (nSPS) is 23.0. The SMILES string of the molecule is CC1(c2ccc(F)cc2)CC1NC(=O)c1cccn2nccc12. The fourth-order valence-electron chi connectivity index (χ4n) is 3.11. The van der Waals surface area contributed by atoms with E-state index in [0.29, 0.717) is 5.56 Å². The molecule has 1 aliphatic rings. The molecule has 1 saturated carbocycles. The lowest BCUT2D eigenvalue weighted by Gasteiger charge is -2.13. The van der Waals surface area contributed by atoms with Gasteiger partial charge in [-0.1, -0.05) is 19.1 Å². The van der Waals surface area contributed by atoms with Crippen LogP contribution in [0.4, 0.5) is 4.39 Å². The summed E-state index contributed by atoms with van der Waals surface area (Å²) in [5, 5.41) is 7.22. The van der Waals surface area contributed by atoms with E-state index in [9.17, 15) is 9.18 Å². The highest BCUT2D eigenvalue weighted by atomic mass is 19.1. The van der Waals surface area contributed by atoms with Crippen LogP contribution < -0.4 is 5.32 Å². The molecule has 2 heterocycles. The van der Waals surface area contributed by atoms with Gasteiger partial charge in [0.2, 0.25) is 0 Å². The molecule has 2 unspecified atom stereocenters. The highest BCUT2D eigenvalue weighted by Crippen LogP contribution is 2.48. The first-order valence-electron chi connectivity index (χ1n) is 7.57. The molecule has 23 heavy (non-hydrogen) atoms. The molecule has 0 spiro atoms. The lowest BCUT2D eigenvalue weighted by Crippen LogP contribution is -2.30. The van der Waals surface area contributed by atoms with Gasteiger partial charge in [0.25, 0.3) is 5.91 Å². The third-order valence-electron chi connectivity index (χ3n) is 4.73. The van der Waals surface area contributed by atoms with Gasteiger partial charge in [0.05, 0.1) is 17.3 Å². The zero-order valence-electron chi connectivity index (χ0n) is 12.7. The Balaban J connectivity index is 1.54. The molecule has 1 aromatic carbocycles. The molecule has 0 bridgehead atoms. The Morgan fingerprint density at radius 3 is 2.87 bits per heavy atom. The Kier molecular flexibility index (Phi) is 2.98. The number of rotatable bonds is 3. The number of carbonyl (C=O) groups is 1. The summed E-state index contributed by atoms with van der Waals surface area (Å²) in [6, 6.07) is 12.0. The minimum absolute atomic E-state index is 0.0589. The standard InChI is InChI=1S/C18H16FN3O/c1-18(12-4-6-13(19)7-5-12)11-16(18)21-17(23)14-3-2-10-22-15(14)8-9-20-22/h2-10,16H,11H2,1H3,(H,21,23). The number of amides is 1. The number of benzene rings is 1. The molecular weight excluding hydrogens is 293 g/mol. The number of nitrogens with zero attached hydrogens (tertiary/aromatic N) is 2. The van der Waals surface area contributed by atoms with E-state index in [0.717, 1.165) is 17.5 Å². The molecule has 2 aromatic heterocycles. The Labute approximate surface area is 132 Å². The smallest absolute Gasteiger partial charge is 0.253 e. The predicted molar refractivity (Wildman–Crippen MR) is 84.8 cm³/mol. The Morgan fingerprint density at radius 2 is 2.09 bits per heavy atom. The van der Waals surface area contributed by atoms with Gasteiger partial charge in [-0.2, -0.15) is 5.10 Å². The Morgan fingerprint density at radius 1 is 1.30 bits per heavy atom. The van der Waals surface area contributed by atoms with Crippen LogP contribution in [0.1, 0.15) is 29.3 Å². The van der Waals surface area contributed by atoms with Gasteiger partial charge in [0.15, 0.2) is 0 Å². The highest BCUT2D eigenvalue weighted by molar-refractivity contribution is 6.01. The molecule has 4 nitrogen and oxygen atoms in total. The summed E-state index contributed by atoms with van der Waals surface area (Å²) in [5.41, 5.74) is 2.31. The molecule has 4 rings (SSSR count). The second-order valence-electron chi connectivity index (χ2n) is 6.24. The largest absolute Gasteiger partial charge is 0.348 e. The van der Waals surface area contributed by atoms with Crippen molar-refractivity contribution in [3.8, 4) is 0 Å². The van der Waals surface area contributed by atoms with Crippen molar-refractivity contribution in [3.63, 3.8) is 0 Å². The minimum atomic E-state index is -0.244. The van der Waals surface area contributed by atoms with Crippen LogP contribution in [0.25, 0.3) is 5.52 Å². The van der Waals surface area contributed by atoms with Crippen LogP contribution in [0, 0.1) is 5.82 Å². The maximum atomic E-state index is 13.1. The highest BCUT2D eigenvalue weighted by Gasteiger charge is 2.52. The molecule has 116 valence electrons. The topological polar surface area (TPSA) is 46.4 Å². The molecule has 0 radical (unpaired) electrons. The monoisotopic (exact) mass is 309 g/mol. The summed E-state index contributed by atoms with van der Waals surface area (Å²) in [6.45, 7) is 2.09. The van der Waals surface area contributed by atoms with Crippen LogP contribution in [-0.4, -0.2) is 21.6 Å². The fourth-order valence-corrected chi connectivity index (χ4v) is 3.11. The van der Waals surface area contributed by atoms with Crippen LogP contribution in [0.15, 0.2) is 54.9 Å².